The third-order valence-electron chi connectivity index (χ3n) is 2.68. The molecule has 0 saturated heterocycles. The van der Waals surface area contributed by atoms with Crippen molar-refractivity contribution in [2.24, 2.45) is 12.9 Å². The summed E-state index contributed by atoms with van der Waals surface area (Å²) in [5.41, 5.74) is 11.1. The van der Waals surface area contributed by atoms with Crippen molar-refractivity contribution in [1.29, 1.82) is 0 Å². The lowest BCUT2D eigenvalue weighted by molar-refractivity contribution is 0.576. The molecular weight excluding hydrogens is 238 g/mol. The average Bonchev–Trinajstić information content (AvgIpc) is 2.69. The van der Waals surface area contributed by atoms with E-state index in [2.05, 4.69) is 10.5 Å². The zero-order valence-electron chi connectivity index (χ0n) is 9.39. The summed E-state index contributed by atoms with van der Waals surface area (Å²) < 4.78 is 1.75. The summed E-state index contributed by atoms with van der Waals surface area (Å²) in [6.07, 6.45) is 1.71. The molecule has 1 aromatic heterocycles. The van der Waals surface area contributed by atoms with Gasteiger partial charge in [0.2, 0.25) is 0 Å². The van der Waals surface area contributed by atoms with E-state index in [0.29, 0.717) is 10.7 Å². The van der Waals surface area contributed by atoms with Crippen LogP contribution >= 0.6 is 11.6 Å². The van der Waals surface area contributed by atoms with E-state index in [1.165, 1.54) is 0 Å². The van der Waals surface area contributed by atoms with E-state index in [1.54, 1.807) is 23.0 Å². The predicted molar refractivity (Wildman–Crippen MR) is 68.2 cm³/mol. The van der Waals surface area contributed by atoms with Crippen LogP contribution in [0.1, 0.15) is 17.3 Å². The van der Waals surface area contributed by atoms with Crippen LogP contribution in [0.25, 0.3) is 0 Å². The van der Waals surface area contributed by atoms with Gasteiger partial charge in [-0.2, -0.15) is 5.10 Å². The molecule has 0 saturated carbocycles. The molecule has 0 amide bonds. The number of halogens is 1. The maximum atomic E-state index is 5.94. The highest BCUT2D eigenvalue weighted by atomic mass is 35.5. The molecule has 90 valence electrons. The predicted octanol–water partition coefficient (Wildman–Crippen LogP) is 1.21. The molecule has 1 aromatic carbocycles. The fraction of sp³-hybridized carbons (Fsp3) is 0.182. The molecule has 2 rings (SSSR count). The molecule has 1 heterocycles. The fourth-order valence-corrected chi connectivity index (χ4v) is 1.99. The molecule has 0 radical (unpaired) electrons. The van der Waals surface area contributed by atoms with Crippen LogP contribution in [0, 0.1) is 0 Å². The van der Waals surface area contributed by atoms with Gasteiger partial charge in [0.25, 0.3) is 0 Å². The summed E-state index contributed by atoms with van der Waals surface area (Å²) in [5.74, 6) is 5.59. The number of anilines is 1. The second-order valence-electron chi connectivity index (χ2n) is 3.75. The van der Waals surface area contributed by atoms with E-state index < -0.39 is 0 Å². The SMILES string of the molecule is Cn1nccc1C(NN)c1ccc(Cl)cc1N. The lowest BCUT2D eigenvalue weighted by atomic mass is 10.0. The Labute approximate surface area is 104 Å². The number of aromatic nitrogens is 2. The van der Waals surface area contributed by atoms with Gasteiger partial charge in [0.15, 0.2) is 0 Å². The van der Waals surface area contributed by atoms with Crippen molar-refractivity contribution in [3.63, 3.8) is 0 Å². The number of aryl methyl sites for hydroxylation is 1. The molecule has 5 N–H and O–H groups in total. The summed E-state index contributed by atoms with van der Waals surface area (Å²) in [5, 5.41) is 4.72. The minimum absolute atomic E-state index is 0.209. The van der Waals surface area contributed by atoms with Gasteiger partial charge in [-0.05, 0) is 23.8 Å². The van der Waals surface area contributed by atoms with Crippen LogP contribution in [0.3, 0.4) is 0 Å². The second kappa shape index (κ2) is 4.75. The molecule has 0 aliphatic rings. The highest BCUT2D eigenvalue weighted by Gasteiger charge is 2.18. The van der Waals surface area contributed by atoms with E-state index >= 15 is 0 Å². The van der Waals surface area contributed by atoms with Crippen molar-refractivity contribution in [3.05, 3.63) is 46.7 Å². The first kappa shape index (κ1) is 11.9. The van der Waals surface area contributed by atoms with Gasteiger partial charge in [-0.15, -0.1) is 0 Å². The quantitative estimate of drug-likeness (QED) is 0.435. The Bertz CT molecular complexity index is 522. The lowest BCUT2D eigenvalue weighted by Crippen LogP contribution is -2.30. The molecule has 0 fully saturated rings. The lowest BCUT2D eigenvalue weighted by Gasteiger charge is -2.18. The van der Waals surface area contributed by atoms with Crippen LogP contribution in [-0.4, -0.2) is 9.78 Å². The number of nitrogen functional groups attached to an aromatic ring is 1. The number of hydrazine groups is 1. The molecule has 5 nitrogen and oxygen atoms in total. The van der Waals surface area contributed by atoms with E-state index in [4.69, 9.17) is 23.2 Å². The number of nitrogens with one attached hydrogen (secondary N) is 1. The molecule has 1 atom stereocenters. The van der Waals surface area contributed by atoms with E-state index in [9.17, 15) is 0 Å². The zero-order chi connectivity index (χ0) is 12.4. The van der Waals surface area contributed by atoms with E-state index in [-0.39, 0.29) is 6.04 Å². The Morgan fingerprint density at radius 1 is 1.41 bits per heavy atom. The molecule has 1 unspecified atom stereocenters. The minimum Gasteiger partial charge on any atom is -0.398 e. The number of nitrogens with zero attached hydrogens (tertiary/aromatic N) is 2. The molecule has 17 heavy (non-hydrogen) atoms. The van der Waals surface area contributed by atoms with E-state index in [1.807, 2.05) is 19.2 Å². The number of benzene rings is 1. The van der Waals surface area contributed by atoms with Crippen molar-refractivity contribution < 1.29 is 0 Å². The number of nitrogens with two attached hydrogens (primary N) is 2. The molecule has 6 heteroatoms. The van der Waals surface area contributed by atoms with Gasteiger partial charge in [0, 0.05) is 24.0 Å². The van der Waals surface area contributed by atoms with E-state index in [0.717, 1.165) is 11.3 Å². The highest BCUT2D eigenvalue weighted by molar-refractivity contribution is 6.30. The van der Waals surface area contributed by atoms with Crippen molar-refractivity contribution in [2.75, 3.05) is 5.73 Å². The van der Waals surface area contributed by atoms with Crippen LogP contribution in [-0.2, 0) is 7.05 Å². The maximum absolute atomic E-state index is 5.94. The minimum atomic E-state index is -0.209. The van der Waals surface area contributed by atoms with Gasteiger partial charge >= 0.3 is 0 Å². The molecule has 0 bridgehead atoms. The largest absolute Gasteiger partial charge is 0.398 e. The first-order valence-electron chi connectivity index (χ1n) is 5.12. The highest BCUT2D eigenvalue weighted by Crippen LogP contribution is 2.27. The maximum Gasteiger partial charge on any atom is 0.0897 e. The van der Waals surface area contributed by atoms with Crippen LogP contribution in [0.5, 0.6) is 0 Å². The van der Waals surface area contributed by atoms with Crippen LogP contribution in [0.4, 0.5) is 5.69 Å². The monoisotopic (exact) mass is 251 g/mol. The fourth-order valence-electron chi connectivity index (χ4n) is 1.81. The molecule has 0 aliphatic carbocycles. The molecule has 0 aliphatic heterocycles. The number of rotatable bonds is 3. The van der Waals surface area contributed by atoms with Crippen LogP contribution in [0.2, 0.25) is 5.02 Å². The smallest absolute Gasteiger partial charge is 0.0897 e. The average molecular weight is 252 g/mol. The summed E-state index contributed by atoms with van der Waals surface area (Å²) in [4.78, 5) is 0. The normalized spacial score (nSPS) is 12.6. The third-order valence-corrected chi connectivity index (χ3v) is 2.92. The van der Waals surface area contributed by atoms with Gasteiger partial charge in [-0.25, -0.2) is 5.43 Å². The van der Waals surface area contributed by atoms with Crippen molar-refractivity contribution in [1.82, 2.24) is 15.2 Å². The first-order valence-corrected chi connectivity index (χ1v) is 5.50. The molecule has 2 aromatic rings. The van der Waals surface area contributed by atoms with Crippen molar-refractivity contribution >= 4 is 17.3 Å². The van der Waals surface area contributed by atoms with Gasteiger partial charge in [0.1, 0.15) is 0 Å². The second-order valence-corrected chi connectivity index (χ2v) is 4.19. The number of hydrogen-bond acceptors (Lipinski definition) is 4. The summed E-state index contributed by atoms with van der Waals surface area (Å²) in [6.45, 7) is 0. The molecular formula is C11H14ClN5. The van der Waals surface area contributed by atoms with Gasteiger partial charge in [-0.1, -0.05) is 17.7 Å². The summed E-state index contributed by atoms with van der Waals surface area (Å²) >= 11 is 5.87. The van der Waals surface area contributed by atoms with Gasteiger partial charge in [-0.3, -0.25) is 10.5 Å². The Hall–Kier alpha value is -1.56. The Morgan fingerprint density at radius 3 is 2.71 bits per heavy atom. The van der Waals surface area contributed by atoms with Crippen molar-refractivity contribution in [3.8, 4) is 0 Å². The Morgan fingerprint density at radius 2 is 2.18 bits per heavy atom. The standard InChI is InChI=1S/C11H14ClN5/c1-17-10(4-5-15-17)11(16-14)8-3-2-7(12)6-9(8)13/h2-6,11,16H,13-14H2,1H3. The number of hydrogen-bond donors (Lipinski definition) is 3. The van der Waals surface area contributed by atoms with Crippen LogP contribution < -0.4 is 17.0 Å². The summed E-state index contributed by atoms with van der Waals surface area (Å²) in [7, 11) is 1.85. The third kappa shape index (κ3) is 2.26. The molecule has 0 spiro atoms. The van der Waals surface area contributed by atoms with Gasteiger partial charge in [0.05, 0.1) is 11.7 Å². The zero-order valence-corrected chi connectivity index (χ0v) is 10.1. The first-order chi connectivity index (χ1) is 8.13. The van der Waals surface area contributed by atoms with Crippen LogP contribution in [0.15, 0.2) is 30.5 Å². The Balaban J connectivity index is 2.46. The Kier molecular flexibility index (Phi) is 3.33. The van der Waals surface area contributed by atoms with Crippen molar-refractivity contribution in [2.45, 2.75) is 6.04 Å². The topological polar surface area (TPSA) is 81.9 Å². The summed E-state index contributed by atoms with van der Waals surface area (Å²) in [6, 6.07) is 7.03. The van der Waals surface area contributed by atoms with Gasteiger partial charge < -0.3 is 5.73 Å².